The van der Waals surface area contributed by atoms with Crippen molar-refractivity contribution in [2.45, 2.75) is 0 Å². The van der Waals surface area contributed by atoms with E-state index < -0.39 is 11.7 Å². The SMILES string of the molecule is COc1ccccc1Oc1ncnc(NNC(=O)c2ccc(F)cc2)c1N. The second kappa shape index (κ2) is 8.00. The minimum absolute atomic E-state index is 0.0859. The van der Waals surface area contributed by atoms with E-state index in [1.54, 1.807) is 24.3 Å². The van der Waals surface area contributed by atoms with Crippen LogP contribution in [-0.2, 0) is 0 Å². The highest BCUT2D eigenvalue weighted by Crippen LogP contribution is 2.34. The van der Waals surface area contributed by atoms with Crippen LogP contribution < -0.4 is 26.1 Å². The second-order valence-electron chi connectivity index (χ2n) is 5.28. The molecule has 2 aromatic carbocycles. The molecule has 3 rings (SSSR count). The number of nitrogens with two attached hydrogens (primary N) is 1. The Morgan fingerprint density at radius 1 is 1.07 bits per heavy atom. The van der Waals surface area contributed by atoms with Gasteiger partial charge in [-0.3, -0.25) is 15.6 Å². The summed E-state index contributed by atoms with van der Waals surface area (Å²) >= 11 is 0. The number of nitrogens with zero attached hydrogens (tertiary/aromatic N) is 2. The van der Waals surface area contributed by atoms with Gasteiger partial charge in [0, 0.05) is 5.56 Å². The van der Waals surface area contributed by atoms with Crippen molar-refractivity contribution in [3.05, 3.63) is 66.2 Å². The summed E-state index contributed by atoms with van der Waals surface area (Å²) in [6.07, 6.45) is 1.23. The molecule has 8 nitrogen and oxygen atoms in total. The number of halogens is 1. The van der Waals surface area contributed by atoms with E-state index in [9.17, 15) is 9.18 Å². The van der Waals surface area contributed by atoms with Crippen molar-refractivity contribution in [3.8, 4) is 17.4 Å². The van der Waals surface area contributed by atoms with Crippen molar-refractivity contribution in [3.63, 3.8) is 0 Å². The lowest BCUT2D eigenvalue weighted by molar-refractivity contribution is 0.0962. The lowest BCUT2D eigenvalue weighted by Gasteiger charge is -2.13. The molecule has 3 aromatic rings. The lowest BCUT2D eigenvalue weighted by Crippen LogP contribution is -2.30. The van der Waals surface area contributed by atoms with Crippen LogP contribution in [0.15, 0.2) is 54.9 Å². The number of ether oxygens (including phenoxy) is 2. The Balaban J connectivity index is 1.73. The maximum absolute atomic E-state index is 12.9. The van der Waals surface area contributed by atoms with Crippen LogP contribution in [0.25, 0.3) is 0 Å². The Bertz CT molecular complexity index is 950. The summed E-state index contributed by atoms with van der Waals surface area (Å²) in [4.78, 5) is 20.0. The first-order chi connectivity index (χ1) is 13.1. The van der Waals surface area contributed by atoms with Gasteiger partial charge < -0.3 is 15.2 Å². The molecule has 0 bridgehead atoms. The summed E-state index contributed by atoms with van der Waals surface area (Å²) in [5.74, 6) is 0.248. The smallest absolute Gasteiger partial charge is 0.269 e. The van der Waals surface area contributed by atoms with E-state index in [0.717, 1.165) is 0 Å². The molecular formula is C18H16FN5O3. The number of anilines is 2. The second-order valence-corrected chi connectivity index (χ2v) is 5.28. The first-order valence-electron chi connectivity index (χ1n) is 7.81. The third-order valence-electron chi connectivity index (χ3n) is 3.52. The maximum Gasteiger partial charge on any atom is 0.269 e. The molecule has 0 aliphatic carbocycles. The fourth-order valence-corrected chi connectivity index (χ4v) is 2.16. The molecule has 0 radical (unpaired) electrons. The van der Waals surface area contributed by atoms with Crippen molar-refractivity contribution >= 4 is 17.4 Å². The molecule has 1 amide bonds. The minimum atomic E-state index is -0.486. The van der Waals surface area contributed by atoms with Crippen LogP contribution in [0.3, 0.4) is 0 Å². The molecule has 4 N–H and O–H groups in total. The number of methoxy groups -OCH3 is 1. The molecule has 1 aromatic heterocycles. The quantitative estimate of drug-likeness (QED) is 0.573. The Kier molecular flexibility index (Phi) is 5.31. The molecule has 0 unspecified atom stereocenters. The van der Waals surface area contributed by atoms with E-state index in [4.69, 9.17) is 15.2 Å². The summed E-state index contributed by atoms with van der Waals surface area (Å²) < 4.78 is 23.8. The number of nitrogens with one attached hydrogen (secondary N) is 2. The van der Waals surface area contributed by atoms with Crippen LogP contribution in [0, 0.1) is 5.82 Å². The molecule has 0 aliphatic rings. The van der Waals surface area contributed by atoms with Gasteiger partial charge in [0.2, 0.25) is 5.88 Å². The van der Waals surface area contributed by atoms with Gasteiger partial charge in [-0.2, -0.15) is 4.98 Å². The first-order valence-corrected chi connectivity index (χ1v) is 7.81. The number of carbonyl (C=O) groups excluding carboxylic acids is 1. The summed E-state index contributed by atoms with van der Waals surface area (Å²) in [7, 11) is 1.52. The van der Waals surface area contributed by atoms with Crippen LogP contribution in [0.2, 0.25) is 0 Å². The normalized spacial score (nSPS) is 10.1. The largest absolute Gasteiger partial charge is 0.493 e. The molecule has 138 valence electrons. The van der Waals surface area contributed by atoms with Gasteiger partial charge in [-0.25, -0.2) is 9.37 Å². The molecule has 0 fully saturated rings. The molecule has 9 heteroatoms. The number of nitrogen functional groups attached to an aromatic ring is 1. The third-order valence-corrected chi connectivity index (χ3v) is 3.52. The average molecular weight is 369 g/mol. The van der Waals surface area contributed by atoms with Gasteiger partial charge in [0.1, 0.15) is 17.8 Å². The summed E-state index contributed by atoms with van der Waals surface area (Å²) in [5, 5.41) is 0. The number of rotatable bonds is 6. The zero-order valence-corrected chi connectivity index (χ0v) is 14.3. The van der Waals surface area contributed by atoms with Crippen molar-refractivity contribution < 1.29 is 18.7 Å². The third kappa shape index (κ3) is 4.21. The Morgan fingerprint density at radius 2 is 1.78 bits per heavy atom. The summed E-state index contributed by atoms with van der Waals surface area (Å²) in [6.45, 7) is 0. The van der Waals surface area contributed by atoms with Gasteiger partial charge in [0.25, 0.3) is 5.91 Å². The van der Waals surface area contributed by atoms with E-state index in [-0.39, 0.29) is 22.9 Å². The van der Waals surface area contributed by atoms with E-state index in [0.29, 0.717) is 11.5 Å². The fraction of sp³-hybridized carbons (Fsp3) is 0.0556. The highest BCUT2D eigenvalue weighted by Gasteiger charge is 2.13. The van der Waals surface area contributed by atoms with E-state index in [1.165, 1.54) is 37.7 Å². The lowest BCUT2D eigenvalue weighted by atomic mass is 10.2. The number of carbonyl (C=O) groups is 1. The average Bonchev–Trinajstić information content (AvgIpc) is 2.69. The number of benzene rings is 2. The molecule has 0 saturated heterocycles. The fourth-order valence-electron chi connectivity index (χ4n) is 2.16. The van der Waals surface area contributed by atoms with Crippen LogP contribution in [0.4, 0.5) is 15.9 Å². The van der Waals surface area contributed by atoms with Crippen LogP contribution >= 0.6 is 0 Å². The van der Waals surface area contributed by atoms with Crippen LogP contribution in [0.5, 0.6) is 17.4 Å². The number of amides is 1. The molecule has 0 spiro atoms. The minimum Gasteiger partial charge on any atom is -0.493 e. The molecule has 0 aliphatic heterocycles. The predicted molar refractivity (Wildman–Crippen MR) is 97.0 cm³/mol. The number of aromatic nitrogens is 2. The van der Waals surface area contributed by atoms with Gasteiger partial charge in [0.05, 0.1) is 7.11 Å². The van der Waals surface area contributed by atoms with Gasteiger partial charge in [-0.15, -0.1) is 0 Å². The summed E-state index contributed by atoms with van der Waals surface area (Å²) in [5.41, 5.74) is 11.4. The zero-order valence-electron chi connectivity index (χ0n) is 14.3. The Labute approximate surface area is 154 Å². The Hall–Kier alpha value is -3.88. The summed E-state index contributed by atoms with van der Waals surface area (Å²) in [6, 6.07) is 12.1. The van der Waals surface area contributed by atoms with Gasteiger partial charge >= 0.3 is 0 Å². The van der Waals surface area contributed by atoms with Crippen molar-refractivity contribution in [2.24, 2.45) is 0 Å². The number of para-hydroxylation sites is 2. The van der Waals surface area contributed by atoms with Gasteiger partial charge in [0.15, 0.2) is 17.3 Å². The van der Waals surface area contributed by atoms with E-state index in [1.807, 2.05) is 0 Å². The monoisotopic (exact) mass is 369 g/mol. The van der Waals surface area contributed by atoms with Crippen LogP contribution in [0.1, 0.15) is 10.4 Å². The highest BCUT2D eigenvalue weighted by atomic mass is 19.1. The topological polar surface area (TPSA) is 111 Å². The highest BCUT2D eigenvalue weighted by molar-refractivity contribution is 5.95. The van der Waals surface area contributed by atoms with Crippen LogP contribution in [-0.4, -0.2) is 23.0 Å². The first kappa shape index (κ1) is 17.9. The predicted octanol–water partition coefficient (Wildman–Crippen LogP) is 2.76. The standard InChI is InChI=1S/C18H16FN5O3/c1-26-13-4-2-3-5-14(13)27-18-15(20)16(21-10-22-18)23-24-17(25)11-6-8-12(19)9-7-11/h2-10H,20H2,1H3,(H,24,25)(H,21,22,23). The van der Waals surface area contributed by atoms with E-state index in [2.05, 4.69) is 20.8 Å². The van der Waals surface area contributed by atoms with Crippen molar-refractivity contribution in [1.82, 2.24) is 15.4 Å². The maximum atomic E-state index is 12.9. The number of hydrazine groups is 1. The van der Waals surface area contributed by atoms with E-state index >= 15 is 0 Å². The number of hydrogen-bond acceptors (Lipinski definition) is 7. The molecule has 0 saturated carbocycles. The van der Waals surface area contributed by atoms with Crippen molar-refractivity contribution in [2.75, 3.05) is 18.3 Å². The molecular weight excluding hydrogens is 353 g/mol. The van der Waals surface area contributed by atoms with Gasteiger partial charge in [-0.05, 0) is 36.4 Å². The van der Waals surface area contributed by atoms with Gasteiger partial charge in [-0.1, -0.05) is 12.1 Å². The molecule has 0 atom stereocenters. The molecule has 1 heterocycles. The van der Waals surface area contributed by atoms with Crippen molar-refractivity contribution in [1.29, 1.82) is 0 Å². The zero-order chi connectivity index (χ0) is 19.2. The molecule has 27 heavy (non-hydrogen) atoms. The Morgan fingerprint density at radius 3 is 2.48 bits per heavy atom. The number of hydrogen-bond donors (Lipinski definition) is 3.